The van der Waals surface area contributed by atoms with Gasteiger partial charge in [-0.15, -0.1) is 11.3 Å². The number of nitriles is 1. The number of thiazole rings is 1. The highest BCUT2D eigenvalue weighted by atomic mass is 32.2. The van der Waals surface area contributed by atoms with Crippen LogP contribution in [0.3, 0.4) is 0 Å². The molecule has 1 aliphatic rings. The molecular formula is C22H25N3O3S2. The minimum Gasteiger partial charge on any atom is -0.449 e. The summed E-state index contributed by atoms with van der Waals surface area (Å²) in [6.07, 6.45) is 3.17. The van der Waals surface area contributed by atoms with Gasteiger partial charge in [-0.2, -0.15) is 5.26 Å². The van der Waals surface area contributed by atoms with Crippen LogP contribution < -0.4 is 5.32 Å². The zero-order valence-electron chi connectivity index (χ0n) is 17.1. The van der Waals surface area contributed by atoms with Gasteiger partial charge in [-0.1, -0.05) is 49.2 Å². The number of rotatable bonds is 7. The van der Waals surface area contributed by atoms with Crippen LogP contribution >= 0.6 is 23.1 Å². The number of nitrogens with one attached hydrogen (secondary N) is 1. The van der Waals surface area contributed by atoms with Gasteiger partial charge in [0.15, 0.2) is 6.10 Å². The Balaban J connectivity index is 1.62. The van der Waals surface area contributed by atoms with Crippen molar-refractivity contribution in [2.75, 3.05) is 0 Å². The summed E-state index contributed by atoms with van der Waals surface area (Å²) >= 11 is 3.13. The van der Waals surface area contributed by atoms with Crippen LogP contribution in [0.15, 0.2) is 34.0 Å². The van der Waals surface area contributed by atoms with Gasteiger partial charge < -0.3 is 10.1 Å². The van der Waals surface area contributed by atoms with Gasteiger partial charge in [-0.05, 0) is 38.3 Å². The molecule has 8 heteroatoms. The molecule has 1 aromatic heterocycles. The van der Waals surface area contributed by atoms with Crippen molar-refractivity contribution in [3.63, 3.8) is 0 Å². The number of carbonyl (C=O) groups excluding carboxylic acids is 2. The van der Waals surface area contributed by atoms with E-state index in [0.717, 1.165) is 34.9 Å². The van der Waals surface area contributed by atoms with Crippen molar-refractivity contribution in [2.45, 2.75) is 67.7 Å². The van der Waals surface area contributed by atoms with Crippen LogP contribution in [0, 0.1) is 18.3 Å². The third-order valence-electron chi connectivity index (χ3n) is 5.12. The molecule has 2 aromatic rings. The van der Waals surface area contributed by atoms with Crippen molar-refractivity contribution in [1.29, 1.82) is 5.26 Å². The molecule has 0 unspecified atom stereocenters. The summed E-state index contributed by atoms with van der Waals surface area (Å²) in [5.41, 5.74) is 1.39. The largest absolute Gasteiger partial charge is 0.449 e. The minimum absolute atomic E-state index is 0.433. The lowest BCUT2D eigenvalue weighted by molar-refractivity contribution is -0.130. The van der Waals surface area contributed by atoms with E-state index >= 15 is 0 Å². The second-order valence-electron chi connectivity index (χ2n) is 7.49. The third kappa shape index (κ3) is 5.61. The molecule has 1 aromatic carbocycles. The van der Waals surface area contributed by atoms with E-state index in [1.807, 2.05) is 24.4 Å². The molecule has 0 bridgehead atoms. The van der Waals surface area contributed by atoms with Crippen molar-refractivity contribution in [3.05, 3.63) is 46.5 Å². The summed E-state index contributed by atoms with van der Waals surface area (Å²) in [4.78, 5) is 29.8. The monoisotopic (exact) mass is 443 g/mol. The van der Waals surface area contributed by atoms with Gasteiger partial charge in [-0.25, -0.2) is 9.78 Å². The number of nitrogens with zero attached hydrogens (tertiary/aromatic N) is 2. The van der Waals surface area contributed by atoms with Gasteiger partial charge >= 0.3 is 5.97 Å². The molecule has 0 saturated heterocycles. The van der Waals surface area contributed by atoms with E-state index in [-0.39, 0.29) is 0 Å². The first kappa shape index (κ1) is 22.3. The highest BCUT2D eigenvalue weighted by Crippen LogP contribution is 2.29. The summed E-state index contributed by atoms with van der Waals surface area (Å²) in [5, 5.41) is 14.3. The number of aryl methyl sites for hydroxylation is 1. The SMILES string of the molecule is Cc1csc(SCc2ccccc2C(=O)O[C@H](C)C(=O)NC2(C#N)CCCCC2)n1. The summed E-state index contributed by atoms with van der Waals surface area (Å²) in [6.45, 7) is 3.49. The lowest BCUT2D eigenvalue weighted by atomic mass is 9.83. The lowest BCUT2D eigenvalue weighted by Crippen LogP contribution is -2.52. The van der Waals surface area contributed by atoms with Gasteiger partial charge in [0, 0.05) is 16.8 Å². The van der Waals surface area contributed by atoms with Gasteiger partial charge in [0.05, 0.1) is 11.6 Å². The molecule has 1 atom stereocenters. The Morgan fingerprint density at radius 1 is 1.33 bits per heavy atom. The summed E-state index contributed by atoms with van der Waals surface area (Å²) < 4.78 is 6.39. The molecule has 0 spiro atoms. The van der Waals surface area contributed by atoms with Crippen LogP contribution in [-0.4, -0.2) is 28.5 Å². The van der Waals surface area contributed by atoms with E-state index in [1.165, 1.54) is 6.92 Å². The average Bonchev–Trinajstić information content (AvgIpc) is 3.18. The van der Waals surface area contributed by atoms with Crippen molar-refractivity contribution in [3.8, 4) is 6.07 Å². The molecule has 0 radical (unpaired) electrons. The van der Waals surface area contributed by atoms with E-state index in [2.05, 4.69) is 16.4 Å². The Morgan fingerprint density at radius 2 is 2.07 bits per heavy atom. The second kappa shape index (κ2) is 10.1. The Hall–Kier alpha value is -2.37. The first-order valence-corrected chi connectivity index (χ1v) is 11.9. The first-order chi connectivity index (χ1) is 14.4. The number of esters is 1. The minimum atomic E-state index is -0.980. The second-order valence-corrected chi connectivity index (χ2v) is 9.57. The highest BCUT2D eigenvalue weighted by Gasteiger charge is 2.35. The topological polar surface area (TPSA) is 92.1 Å². The molecular weight excluding hydrogens is 418 g/mol. The lowest BCUT2D eigenvalue weighted by Gasteiger charge is -2.32. The first-order valence-electron chi connectivity index (χ1n) is 9.99. The molecule has 3 rings (SSSR count). The number of benzene rings is 1. The van der Waals surface area contributed by atoms with Crippen LogP contribution in [0.2, 0.25) is 0 Å². The maximum atomic E-state index is 12.7. The van der Waals surface area contributed by atoms with Crippen molar-refractivity contribution in [2.24, 2.45) is 0 Å². The van der Waals surface area contributed by atoms with Crippen molar-refractivity contribution in [1.82, 2.24) is 10.3 Å². The summed E-state index contributed by atoms with van der Waals surface area (Å²) in [5.74, 6) is -0.396. The van der Waals surface area contributed by atoms with Crippen LogP contribution in [0.25, 0.3) is 0 Å². The van der Waals surface area contributed by atoms with E-state index in [9.17, 15) is 14.9 Å². The molecule has 158 valence electrons. The van der Waals surface area contributed by atoms with Gasteiger partial charge in [0.1, 0.15) is 9.88 Å². The number of hydrogen-bond donors (Lipinski definition) is 1. The quantitative estimate of drug-likeness (QED) is 0.495. The van der Waals surface area contributed by atoms with E-state index in [4.69, 9.17) is 4.74 Å². The van der Waals surface area contributed by atoms with Gasteiger partial charge in [-0.3, -0.25) is 4.79 Å². The Labute approximate surface area is 185 Å². The number of amides is 1. The number of thioether (sulfide) groups is 1. The van der Waals surface area contributed by atoms with E-state index in [0.29, 0.717) is 24.2 Å². The number of carbonyl (C=O) groups is 2. The fraction of sp³-hybridized carbons (Fsp3) is 0.455. The molecule has 30 heavy (non-hydrogen) atoms. The molecule has 0 aliphatic heterocycles. The smallest absolute Gasteiger partial charge is 0.339 e. The van der Waals surface area contributed by atoms with Gasteiger partial charge in [0.2, 0.25) is 0 Å². The Bertz CT molecular complexity index is 945. The standard InChI is InChI=1S/C22H25N3O3S2/c1-15-12-29-21(24-15)30-13-17-8-4-5-9-18(17)20(27)28-16(2)19(26)25-22(14-23)10-6-3-7-11-22/h4-5,8-9,12,16H,3,6-7,10-11,13H2,1-2H3,(H,25,26)/t16-/m1/s1. The van der Waals surface area contributed by atoms with Crippen molar-refractivity contribution >= 4 is 35.0 Å². The van der Waals surface area contributed by atoms with Crippen LogP contribution in [0.1, 0.15) is 60.6 Å². The summed E-state index contributed by atoms with van der Waals surface area (Å²) in [7, 11) is 0. The third-order valence-corrected chi connectivity index (χ3v) is 7.31. The van der Waals surface area contributed by atoms with Gasteiger partial charge in [0.25, 0.3) is 5.91 Å². The maximum Gasteiger partial charge on any atom is 0.339 e. The highest BCUT2D eigenvalue weighted by molar-refractivity contribution is 8.00. The van der Waals surface area contributed by atoms with E-state index < -0.39 is 23.5 Å². The van der Waals surface area contributed by atoms with Crippen LogP contribution in [0.4, 0.5) is 0 Å². The molecule has 6 nitrogen and oxygen atoms in total. The normalized spacial score (nSPS) is 16.3. The van der Waals surface area contributed by atoms with E-state index in [1.54, 1.807) is 35.2 Å². The molecule has 1 aliphatic carbocycles. The number of aromatic nitrogens is 1. The average molecular weight is 444 g/mol. The summed E-state index contributed by atoms with van der Waals surface area (Å²) in [6, 6.07) is 9.47. The number of ether oxygens (including phenoxy) is 1. The maximum absolute atomic E-state index is 12.7. The van der Waals surface area contributed by atoms with Crippen LogP contribution in [-0.2, 0) is 15.3 Å². The predicted octanol–water partition coefficient (Wildman–Crippen LogP) is 4.63. The fourth-order valence-electron chi connectivity index (χ4n) is 3.42. The molecule has 1 N–H and O–H groups in total. The van der Waals surface area contributed by atoms with Crippen molar-refractivity contribution < 1.29 is 14.3 Å². The fourth-order valence-corrected chi connectivity index (χ4v) is 5.27. The Kier molecular flexibility index (Phi) is 7.51. The van der Waals surface area contributed by atoms with Crippen LogP contribution in [0.5, 0.6) is 0 Å². The molecule has 1 amide bonds. The molecule has 1 saturated carbocycles. The zero-order chi connectivity index (χ0) is 21.6. The molecule has 1 fully saturated rings. The Morgan fingerprint density at radius 3 is 2.73 bits per heavy atom. The number of hydrogen-bond acceptors (Lipinski definition) is 7. The zero-order valence-corrected chi connectivity index (χ0v) is 18.8. The molecule has 1 heterocycles. The predicted molar refractivity (Wildman–Crippen MR) is 117 cm³/mol.